The van der Waals surface area contributed by atoms with Gasteiger partial charge in [0.2, 0.25) is 0 Å². The number of hydrogen-bond acceptors (Lipinski definition) is 4. The van der Waals surface area contributed by atoms with Gasteiger partial charge in [-0.1, -0.05) is 53.5 Å². The van der Waals surface area contributed by atoms with Crippen LogP contribution in [0, 0.1) is 5.82 Å². The van der Waals surface area contributed by atoms with Crippen molar-refractivity contribution >= 4 is 29.0 Å². The summed E-state index contributed by atoms with van der Waals surface area (Å²) in [7, 11) is 1.69. The number of nitrogens with one attached hydrogen (secondary N) is 1. The normalized spacial score (nSPS) is 11.6. The van der Waals surface area contributed by atoms with Crippen molar-refractivity contribution in [1.29, 1.82) is 0 Å². The number of rotatable bonds is 5. The van der Waals surface area contributed by atoms with E-state index in [0.29, 0.717) is 5.82 Å². The van der Waals surface area contributed by atoms with Crippen molar-refractivity contribution in [2.24, 2.45) is 7.05 Å². The molecule has 0 saturated heterocycles. The highest BCUT2D eigenvalue weighted by Gasteiger charge is 2.31. The predicted molar refractivity (Wildman–Crippen MR) is 118 cm³/mol. The fraction of sp³-hybridized carbons (Fsp3) is 0.136. The molecule has 0 saturated carbocycles. The highest BCUT2D eigenvalue weighted by molar-refractivity contribution is 6.33. The summed E-state index contributed by atoms with van der Waals surface area (Å²) in [6.07, 6.45) is -3.78. The SMILES string of the molecule is Cn1nc(-c2c(F)cccc2Cl)nc1-c1ccc(CNc2ncc(C(F)(F)F)cc2Cl)cc1. The van der Waals surface area contributed by atoms with Crippen molar-refractivity contribution in [3.63, 3.8) is 0 Å². The number of nitrogens with zero attached hydrogens (tertiary/aromatic N) is 4. The number of hydrogen-bond donors (Lipinski definition) is 1. The molecule has 0 aliphatic rings. The van der Waals surface area contributed by atoms with Crippen LogP contribution in [0.15, 0.2) is 54.7 Å². The lowest BCUT2D eigenvalue weighted by molar-refractivity contribution is -0.137. The molecule has 5 nitrogen and oxygen atoms in total. The maximum absolute atomic E-state index is 14.2. The van der Waals surface area contributed by atoms with Gasteiger partial charge in [-0.05, 0) is 23.8 Å². The lowest BCUT2D eigenvalue weighted by Crippen LogP contribution is -2.08. The summed E-state index contributed by atoms with van der Waals surface area (Å²) in [5.41, 5.74) is 0.777. The summed E-state index contributed by atoms with van der Waals surface area (Å²) >= 11 is 12.0. The minimum Gasteiger partial charge on any atom is -0.365 e. The van der Waals surface area contributed by atoms with Crippen LogP contribution in [0.25, 0.3) is 22.8 Å². The molecule has 0 aliphatic heterocycles. The summed E-state index contributed by atoms with van der Waals surface area (Å²) in [6.45, 7) is 0.285. The molecule has 2 aromatic carbocycles. The second-order valence-electron chi connectivity index (χ2n) is 7.08. The van der Waals surface area contributed by atoms with Gasteiger partial charge < -0.3 is 5.32 Å². The lowest BCUT2D eigenvalue weighted by Gasteiger charge is -2.11. The van der Waals surface area contributed by atoms with Crippen molar-refractivity contribution < 1.29 is 17.6 Å². The minimum absolute atomic E-state index is 0.125. The topological polar surface area (TPSA) is 55.6 Å². The van der Waals surface area contributed by atoms with E-state index < -0.39 is 17.6 Å². The number of anilines is 1. The monoisotopic (exact) mass is 495 g/mol. The van der Waals surface area contributed by atoms with Gasteiger partial charge in [0.1, 0.15) is 11.6 Å². The van der Waals surface area contributed by atoms with Gasteiger partial charge in [-0.25, -0.2) is 19.0 Å². The van der Waals surface area contributed by atoms with Gasteiger partial charge in [-0.2, -0.15) is 18.3 Å². The molecule has 0 atom stereocenters. The van der Waals surface area contributed by atoms with E-state index in [1.165, 1.54) is 16.8 Å². The number of benzene rings is 2. The Morgan fingerprint density at radius 1 is 1.03 bits per heavy atom. The quantitative estimate of drug-likeness (QED) is 0.316. The van der Waals surface area contributed by atoms with Crippen molar-refractivity contribution in [2.75, 3.05) is 5.32 Å². The molecule has 0 amide bonds. The number of alkyl halides is 3. The van der Waals surface area contributed by atoms with Crippen LogP contribution < -0.4 is 5.32 Å². The average Bonchev–Trinajstić information content (AvgIpc) is 3.13. The van der Waals surface area contributed by atoms with Crippen LogP contribution in [0.5, 0.6) is 0 Å². The first-order valence-electron chi connectivity index (χ1n) is 9.55. The molecule has 4 aromatic rings. The second-order valence-corrected chi connectivity index (χ2v) is 7.90. The zero-order valence-electron chi connectivity index (χ0n) is 17.0. The van der Waals surface area contributed by atoms with Gasteiger partial charge in [0.25, 0.3) is 0 Å². The number of aryl methyl sites for hydroxylation is 1. The highest BCUT2D eigenvalue weighted by atomic mass is 35.5. The Labute approximate surface area is 196 Å². The number of halogens is 6. The Bertz CT molecular complexity index is 1280. The molecule has 4 rings (SSSR count). The molecule has 0 radical (unpaired) electrons. The molecule has 0 unspecified atom stereocenters. The van der Waals surface area contributed by atoms with E-state index in [2.05, 4.69) is 20.4 Å². The van der Waals surface area contributed by atoms with Crippen LogP contribution in [-0.4, -0.2) is 19.7 Å². The maximum Gasteiger partial charge on any atom is 0.417 e. The zero-order valence-corrected chi connectivity index (χ0v) is 18.5. The van der Waals surface area contributed by atoms with Crippen molar-refractivity contribution in [1.82, 2.24) is 19.7 Å². The highest BCUT2D eigenvalue weighted by Crippen LogP contribution is 2.33. The van der Waals surface area contributed by atoms with Gasteiger partial charge in [0, 0.05) is 25.4 Å². The summed E-state index contributed by atoms with van der Waals surface area (Å²) in [5.74, 6) is 0.311. The minimum atomic E-state index is -4.51. The molecular weight excluding hydrogens is 481 g/mol. The smallest absolute Gasteiger partial charge is 0.365 e. The summed E-state index contributed by atoms with van der Waals surface area (Å²) in [5, 5.41) is 7.28. The van der Waals surface area contributed by atoms with Gasteiger partial charge in [-0.15, -0.1) is 0 Å². The van der Waals surface area contributed by atoms with Crippen LogP contribution in [0.2, 0.25) is 10.0 Å². The number of pyridine rings is 1. The second kappa shape index (κ2) is 8.99. The van der Waals surface area contributed by atoms with Gasteiger partial charge in [0.05, 0.1) is 21.2 Å². The van der Waals surface area contributed by atoms with Crippen molar-refractivity contribution in [2.45, 2.75) is 12.7 Å². The van der Waals surface area contributed by atoms with E-state index in [4.69, 9.17) is 23.2 Å². The standard InChI is InChI=1S/C22H15Cl2F4N5/c1-33-21(31-20(32-33)18-15(23)3-2-4-17(18)25)13-7-5-12(6-8-13)10-29-19-16(24)9-14(11-30-19)22(26,27)28/h2-9,11H,10H2,1H3,(H,29,30). The molecule has 2 heterocycles. The molecule has 1 N–H and O–H groups in total. The lowest BCUT2D eigenvalue weighted by atomic mass is 10.1. The van der Waals surface area contributed by atoms with E-state index in [-0.39, 0.29) is 33.8 Å². The fourth-order valence-electron chi connectivity index (χ4n) is 3.13. The van der Waals surface area contributed by atoms with Crippen molar-refractivity contribution in [3.05, 3.63) is 81.7 Å². The Balaban J connectivity index is 1.50. The van der Waals surface area contributed by atoms with E-state index in [1.54, 1.807) is 25.2 Å². The summed E-state index contributed by atoms with van der Waals surface area (Å²) < 4.78 is 54.0. The van der Waals surface area contributed by atoms with E-state index in [9.17, 15) is 17.6 Å². The van der Waals surface area contributed by atoms with E-state index in [1.807, 2.05) is 12.1 Å². The molecule has 0 aliphatic carbocycles. The first-order valence-corrected chi connectivity index (χ1v) is 10.3. The van der Waals surface area contributed by atoms with Gasteiger partial charge in [0.15, 0.2) is 11.6 Å². The first-order chi connectivity index (χ1) is 15.6. The third kappa shape index (κ3) is 4.94. The molecule has 0 bridgehead atoms. The average molecular weight is 496 g/mol. The Morgan fingerprint density at radius 3 is 2.39 bits per heavy atom. The molecule has 170 valence electrons. The predicted octanol–water partition coefficient (Wildman–Crippen LogP) is 6.62. The zero-order chi connectivity index (χ0) is 23.8. The molecule has 33 heavy (non-hydrogen) atoms. The van der Waals surface area contributed by atoms with Crippen LogP contribution in [0.4, 0.5) is 23.4 Å². The third-order valence-corrected chi connectivity index (χ3v) is 5.39. The Hall–Kier alpha value is -3.17. The first kappa shape index (κ1) is 23.0. The Kier molecular flexibility index (Phi) is 6.27. The van der Waals surface area contributed by atoms with Crippen LogP contribution >= 0.6 is 23.2 Å². The largest absolute Gasteiger partial charge is 0.417 e. The van der Waals surface area contributed by atoms with Gasteiger partial charge >= 0.3 is 6.18 Å². The summed E-state index contributed by atoms with van der Waals surface area (Å²) in [6, 6.07) is 12.4. The van der Waals surface area contributed by atoms with E-state index in [0.717, 1.165) is 23.4 Å². The summed E-state index contributed by atoms with van der Waals surface area (Å²) in [4.78, 5) is 8.18. The fourth-order valence-corrected chi connectivity index (χ4v) is 3.61. The maximum atomic E-state index is 14.2. The molecule has 0 spiro atoms. The molecule has 11 heteroatoms. The van der Waals surface area contributed by atoms with Crippen LogP contribution in [0.1, 0.15) is 11.1 Å². The molecule has 0 fully saturated rings. The van der Waals surface area contributed by atoms with Crippen LogP contribution in [0.3, 0.4) is 0 Å². The van der Waals surface area contributed by atoms with Gasteiger partial charge in [-0.3, -0.25) is 0 Å². The Morgan fingerprint density at radius 2 is 1.76 bits per heavy atom. The molecule has 2 aromatic heterocycles. The molecular formula is C22H15Cl2F4N5. The third-order valence-electron chi connectivity index (χ3n) is 4.79. The number of aromatic nitrogens is 4. The van der Waals surface area contributed by atoms with E-state index >= 15 is 0 Å². The van der Waals surface area contributed by atoms with Crippen LogP contribution in [-0.2, 0) is 19.8 Å². The van der Waals surface area contributed by atoms with Crippen molar-refractivity contribution in [3.8, 4) is 22.8 Å².